The number of carbonyl (C=O) groups excluding carboxylic acids is 2. The van der Waals surface area contributed by atoms with Crippen LogP contribution in [0.4, 0.5) is 5.69 Å². The topological polar surface area (TPSA) is 107 Å². The quantitative estimate of drug-likeness (QED) is 0.384. The Kier molecular flexibility index (Phi) is 7.95. The average molecular weight is 486 g/mol. The molecule has 1 aliphatic heterocycles. The van der Waals surface area contributed by atoms with Crippen LogP contribution in [0, 0.1) is 0 Å². The van der Waals surface area contributed by atoms with Crippen LogP contribution in [0.15, 0.2) is 53.7 Å². The molecular weight excluding hydrogens is 458 g/mol. The van der Waals surface area contributed by atoms with Crippen molar-refractivity contribution in [1.29, 1.82) is 0 Å². The summed E-state index contributed by atoms with van der Waals surface area (Å²) in [4.78, 5) is 25.1. The minimum absolute atomic E-state index is 0.326. The normalized spacial score (nSPS) is 16.0. The summed E-state index contributed by atoms with van der Waals surface area (Å²) in [6, 6.07) is 11.8. The molecule has 0 saturated carbocycles. The fraction of sp³-hybridized carbons (Fsp3) is 0.292. The van der Waals surface area contributed by atoms with Crippen molar-refractivity contribution in [3.05, 3.63) is 59.3 Å². The molecule has 10 heteroatoms. The first-order chi connectivity index (χ1) is 16.3. The minimum Gasteiger partial charge on any atom is -0.495 e. The molecule has 9 nitrogen and oxygen atoms in total. The molecule has 2 aromatic rings. The number of hydrogen-bond donors (Lipinski definition) is 3. The van der Waals surface area contributed by atoms with E-state index in [-0.39, 0.29) is 5.91 Å². The monoisotopic (exact) mass is 485 g/mol. The molecule has 0 saturated heterocycles. The summed E-state index contributed by atoms with van der Waals surface area (Å²) in [5.41, 5.74) is 2.31. The smallest absolute Gasteiger partial charge is 0.346 e. The number of ether oxygens (including phenoxy) is 4. The lowest BCUT2D eigenvalue weighted by Crippen LogP contribution is -2.45. The molecule has 180 valence electrons. The molecule has 0 fully saturated rings. The lowest BCUT2D eigenvalue weighted by molar-refractivity contribution is -0.147. The second kappa shape index (κ2) is 10.9. The van der Waals surface area contributed by atoms with E-state index in [0.29, 0.717) is 44.9 Å². The van der Waals surface area contributed by atoms with Crippen molar-refractivity contribution in [2.24, 2.45) is 0 Å². The van der Waals surface area contributed by atoms with E-state index in [2.05, 4.69) is 16.0 Å². The predicted molar refractivity (Wildman–Crippen MR) is 131 cm³/mol. The van der Waals surface area contributed by atoms with Gasteiger partial charge in [-0.25, -0.2) is 4.79 Å². The first-order valence-electron chi connectivity index (χ1n) is 10.4. The van der Waals surface area contributed by atoms with Crippen molar-refractivity contribution in [3.63, 3.8) is 0 Å². The zero-order chi connectivity index (χ0) is 24.8. The van der Waals surface area contributed by atoms with Gasteiger partial charge < -0.3 is 34.9 Å². The predicted octanol–water partition coefficient (Wildman–Crippen LogP) is 3.08. The summed E-state index contributed by atoms with van der Waals surface area (Å²) in [5.74, 6) is 0.460. The Labute approximate surface area is 203 Å². The summed E-state index contributed by atoms with van der Waals surface area (Å²) in [6.45, 7) is 3.36. The summed E-state index contributed by atoms with van der Waals surface area (Å²) < 4.78 is 21.2. The Morgan fingerprint density at radius 2 is 1.74 bits per heavy atom. The number of esters is 1. The third kappa shape index (κ3) is 5.40. The molecule has 0 bridgehead atoms. The van der Waals surface area contributed by atoms with Gasteiger partial charge in [0.15, 0.2) is 22.7 Å². The Bertz CT molecular complexity index is 1130. The van der Waals surface area contributed by atoms with Crippen LogP contribution in [0.2, 0.25) is 0 Å². The highest BCUT2D eigenvalue weighted by molar-refractivity contribution is 7.80. The summed E-state index contributed by atoms with van der Waals surface area (Å²) in [7, 11) is 4.32. The summed E-state index contributed by atoms with van der Waals surface area (Å²) in [6.07, 6.45) is -0.821. The SMILES string of the molecule is COC(=O)[C@@H](C)Oc1ccc([C@@H]2NC(=S)NC(C)=C2C(=O)Nc2ccccc2OC)cc1OC. The molecule has 3 rings (SSSR count). The maximum Gasteiger partial charge on any atom is 0.346 e. The van der Waals surface area contributed by atoms with Gasteiger partial charge in [-0.2, -0.15) is 0 Å². The van der Waals surface area contributed by atoms with Gasteiger partial charge in [-0.05, 0) is 55.9 Å². The van der Waals surface area contributed by atoms with Crippen molar-refractivity contribution in [2.75, 3.05) is 26.6 Å². The number of benzene rings is 2. The molecule has 0 radical (unpaired) electrons. The summed E-state index contributed by atoms with van der Waals surface area (Å²) >= 11 is 5.34. The van der Waals surface area contributed by atoms with Crippen molar-refractivity contribution >= 4 is 34.9 Å². The maximum absolute atomic E-state index is 13.4. The zero-order valence-corrected chi connectivity index (χ0v) is 20.4. The van der Waals surface area contributed by atoms with E-state index in [0.717, 1.165) is 0 Å². The van der Waals surface area contributed by atoms with Crippen molar-refractivity contribution in [1.82, 2.24) is 10.6 Å². The van der Waals surface area contributed by atoms with Crippen molar-refractivity contribution in [3.8, 4) is 17.2 Å². The zero-order valence-electron chi connectivity index (χ0n) is 19.6. The number of nitrogens with one attached hydrogen (secondary N) is 3. The number of allylic oxidation sites excluding steroid dienone is 1. The molecule has 0 aromatic heterocycles. The fourth-order valence-corrected chi connectivity index (χ4v) is 3.82. The number of thiocarbonyl (C=S) groups is 1. The van der Waals surface area contributed by atoms with Gasteiger partial charge in [0.1, 0.15) is 5.75 Å². The first-order valence-corrected chi connectivity index (χ1v) is 10.8. The van der Waals surface area contributed by atoms with Gasteiger partial charge in [-0.1, -0.05) is 18.2 Å². The molecule has 34 heavy (non-hydrogen) atoms. The largest absolute Gasteiger partial charge is 0.495 e. The highest BCUT2D eigenvalue weighted by Gasteiger charge is 2.31. The van der Waals surface area contributed by atoms with Gasteiger partial charge in [0.25, 0.3) is 5.91 Å². The number of amides is 1. The number of anilines is 1. The Morgan fingerprint density at radius 1 is 1.03 bits per heavy atom. The van der Waals surface area contributed by atoms with Gasteiger partial charge in [0.2, 0.25) is 0 Å². The van der Waals surface area contributed by atoms with Gasteiger partial charge in [-0.15, -0.1) is 0 Å². The van der Waals surface area contributed by atoms with E-state index >= 15 is 0 Å². The highest BCUT2D eigenvalue weighted by atomic mass is 32.1. The molecular formula is C24H27N3O6S. The van der Waals surface area contributed by atoms with E-state index < -0.39 is 18.1 Å². The number of methoxy groups -OCH3 is 3. The molecule has 2 atom stereocenters. The van der Waals surface area contributed by atoms with Crippen LogP contribution < -0.4 is 30.2 Å². The minimum atomic E-state index is -0.821. The van der Waals surface area contributed by atoms with E-state index in [1.807, 2.05) is 12.1 Å². The first kappa shape index (κ1) is 24.8. The molecule has 1 aliphatic rings. The number of para-hydroxylation sites is 2. The van der Waals surface area contributed by atoms with Crippen LogP contribution in [-0.2, 0) is 14.3 Å². The van der Waals surface area contributed by atoms with Crippen LogP contribution >= 0.6 is 12.2 Å². The van der Waals surface area contributed by atoms with Crippen molar-refractivity contribution < 1.29 is 28.5 Å². The van der Waals surface area contributed by atoms with E-state index in [9.17, 15) is 9.59 Å². The average Bonchev–Trinajstić information content (AvgIpc) is 2.83. The third-order valence-electron chi connectivity index (χ3n) is 5.23. The van der Waals surface area contributed by atoms with Crippen LogP contribution in [0.5, 0.6) is 17.2 Å². The standard InChI is InChI=1S/C24H27N3O6S/c1-13-20(22(28)26-16-8-6-7-9-17(16)30-3)21(27-24(34)25-13)15-10-11-18(19(12-15)31-4)33-14(2)23(29)32-5/h6-12,14,21H,1-5H3,(H,26,28)(H2,25,27,34)/t14-,21+/m1/s1. The number of carbonyl (C=O) groups is 2. The van der Waals surface area contributed by atoms with Crippen molar-refractivity contribution in [2.45, 2.75) is 26.0 Å². The lowest BCUT2D eigenvalue weighted by atomic mass is 9.94. The lowest BCUT2D eigenvalue weighted by Gasteiger charge is -2.31. The summed E-state index contributed by atoms with van der Waals surface area (Å²) in [5, 5.41) is 9.45. The molecule has 1 amide bonds. The third-order valence-corrected chi connectivity index (χ3v) is 5.45. The van der Waals surface area contributed by atoms with Crippen LogP contribution in [-0.4, -0.2) is 44.4 Å². The second-order valence-electron chi connectivity index (χ2n) is 7.42. The molecule has 0 unspecified atom stereocenters. The van der Waals surface area contributed by atoms with Crippen LogP contribution in [0.1, 0.15) is 25.5 Å². The van der Waals surface area contributed by atoms with Gasteiger partial charge in [0.05, 0.1) is 38.6 Å². The molecule has 0 aliphatic carbocycles. The second-order valence-corrected chi connectivity index (χ2v) is 7.83. The van der Waals surface area contributed by atoms with Crippen LogP contribution in [0.25, 0.3) is 0 Å². The maximum atomic E-state index is 13.4. The van der Waals surface area contributed by atoms with E-state index in [4.69, 9.17) is 31.2 Å². The molecule has 0 spiro atoms. The highest BCUT2D eigenvalue weighted by Crippen LogP contribution is 2.35. The van der Waals surface area contributed by atoms with E-state index in [1.54, 1.807) is 44.2 Å². The van der Waals surface area contributed by atoms with Gasteiger partial charge in [0, 0.05) is 5.70 Å². The molecule has 1 heterocycles. The van der Waals surface area contributed by atoms with Gasteiger partial charge >= 0.3 is 5.97 Å². The van der Waals surface area contributed by atoms with E-state index in [1.165, 1.54) is 21.3 Å². The van der Waals surface area contributed by atoms with Gasteiger partial charge in [-0.3, -0.25) is 4.79 Å². The molecule has 3 N–H and O–H groups in total. The Hall–Kier alpha value is -3.79. The number of rotatable bonds is 8. The van der Waals surface area contributed by atoms with Crippen LogP contribution in [0.3, 0.4) is 0 Å². The molecule has 2 aromatic carbocycles. The number of hydrogen-bond acceptors (Lipinski definition) is 7. The Morgan fingerprint density at radius 3 is 2.41 bits per heavy atom. The Balaban J connectivity index is 1.94. The fourth-order valence-electron chi connectivity index (χ4n) is 3.55.